The van der Waals surface area contributed by atoms with E-state index in [0.29, 0.717) is 18.9 Å². The van der Waals surface area contributed by atoms with Crippen molar-refractivity contribution < 1.29 is 28.6 Å². The molecule has 0 heterocycles. The zero-order valence-electron chi connectivity index (χ0n) is 18.2. The van der Waals surface area contributed by atoms with Gasteiger partial charge in [-0.25, -0.2) is 9.59 Å². The number of alkyl carbamates (subject to hydrolysis) is 1. The van der Waals surface area contributed by atoms with Crippen LogP contribution in [0.4, 0.5) is 4.79 Å². The summed E-state index contributed by atoms with van der Waals surface area (Å²) in [6.45, 7) is 11.2. The van der Waals surface area contributed by atoms with Gasteiger partial charge < -0.3 is 29.6 Å². The average molecular weight is 664 g/mol. The summed E-state index contributed by atoms with van der Waals surface area (Å²) in [5, 5.41) is 4.98. The van der Waals surface area contributed by atoms with Crippen LogP contribution in [0.1, 0.15) is 47.1 Å². The van der Waals surface area contributed by atoms with Crippen LogP contribution >= 0.6 is 0 Å². The third kappa shape index (κ3) is 11.2. The molecule has 0 aliphatic carbocycles. The van der Waals surface area contributed by atoms with E-state index in [9.17, 15) is 14.4 Å². The maximum Gasteiger partial charge on any atom is 0.408 e. The predicted molar refractivity (Wildman–Crippen MR) is 108 cm³/mol. The van der Waals surface area contributed by atoms with Crippen molar-refractivity contribution in [3.05, 3.63) is 29.8 Å². The Morgan fingerprint density at radius 3 is 2.07 bits per heavy atom. The van der Waals surface area contributed by atoms with Gasteiger partial charge >= 0.3 is 12.1 Å². The Morgan fingerprint density at radius 1 is 1.00 bits per heavy atom. The van der Waals surface area contributed by atoms with Crippen LogP contribution in [0.15, 0.2) is 24.3 Å². The molecule has 0 fully saturated rings. The van der Waals surface area contributed by atoms with Crippen molar-refractivity contribution in [3.63, 3.8) is 0 Å². The maximum absolute atomic E-state index is 12.6. The zero-order valence-corrected chi connectivity index (χ0v) is 20.7. The Bertz CT molecular complexity index is 680. The van der Waals surface area contributed by atoms with Crippen molar-refractivity contribution in [2.24, 2.45) is 0 Å². The standard InChI is InChI=1S/C21H31N2O6.Fm/c1-20(2,3)28-18(25)17(23-19(26)29-21(4,5)6)13-15-7-9-16(10-8-15)27-12-11-22-14-24;/h7-10,17H,11-13H2,1-6H3,(H,22,24)(H,23,26);/q-1;. The third-order valence-corrected chi connectivity index (χ3v) is 3.31. The molecule has 1 atom stereocenters. The first kappa shape index (κ1) is 26.2. The van der Waals surface area contributed by atoms with E-state index in [1.165, 1.54) is 0 Å². The van der Waals surface area contributed by atoms with Gasteiger partial charge in [0.2, 0.25) is 0 Å². The minimum absolute atomic E-state index is 0. The van der Waals surface area contributed by atoms with E-state index < -0.39 is 29.3 Å². The van der Waals surface area contributed by atoms with E-state index >= 15 is 0 Å². The SMILES string of the molecule is CC(C)(C)OC(=O)NC(Cc1ccc(OCCN[C-]=O)cc1)C(=O)OC(C)(C)C.[Fm]. The quantitative estimate of drug-likeness (QED) is 0.182. The first-order chi connectivity index (χ1) is 13.4. The Morgan fingerprint density at radius 2 is 1.57 bits per heavy atom. The Labute approximate surface area is 172 Å². The number of esters is 1. The Kier molecular flexibility index (Phi) is 9.87. The molecule has 1 rings (SSSR count). The Hall–Kier alpha value is -3.77. The minimum atomic E-state index is -0.900. The first-order valence-corrected chi connectivity index (χ1v) is 9.44. The first-order valence-electron chi connectivity index (χ1n) is 9.44. The summed E-state index contributed by atoms with van der Waals surface area (Å²) in [5.41, 5.74) is -0.559. The number of amides is 2. The van der Waals surface area contributed by atoms with E-state index in [4.69, 9.17) is 14.2 Å². The summed E-state index contributed by atoms with van der Waals surface area (Å²) in [4.78, 5) is 34.8. The van der Waals surface area contributed by atoms with Crippen LogP contribution < -0.4 is 15.4 Å². The van der Waals surface area contributed by atoms with Crippen LogP contribution in [-0.4, -0.2) is 48.9 Å². The molecule has 2 amide bonds. The van der Waals surface area contributed by atoms with E-state index in [2.05, 4.69) is 10.6 Å². The van der Waals surface area contributed by atoms with E-state index in [1.54, 1.807) is 72.2 Å². The number of hydrogen-bond acceptors (Lipinski definition) is 6. The van der Waals surface area contributed by atoms with Crippen molar-refractivity contribution in [2.45, 2.75) is 65.2 Å². The molecule has 0 spiro atoms. The minimum Gasteiger partial charge on any atom is -0.527 e. The van der Waals surface area contributed by atoms with Gasteiger partial charge in [0.1, 0.15) is 29.6 Å². The molecule has 9 heteroatoms. The number of benzene rings is 1. The van der Waals surface area contributed by atoms with Gasteiger partial charge in [-0.05, 0) is 59.2 Å². The van der Waals surface area contributed by atoms with Crippen molar-refractivity contribution in [1.82, 2.24) is 10.6 Å². The molecule has 0 aromatic heterocycles. The van der Waals surface area contributed by atoms with Gasteiger partial charge in [0, 0.05) is 13.0 Å². The van der Waals surface area contributed by atoms with Gasteiger partial charge in [0.25, 0.3) is 0 Å². The monoisotopic (exact) mass is 664 g/mol. The second-order valence-corrected chi connectivity index (χ2v) is 8.46. The Balaban J connectivity index is 0.00000841. The van der Waals surface area contributed by atoms with Crippen LogP contribution in [-0.2, 0) is 25.5 Å². The van der Waals surface area contributed by atoms with E-state index in [-0.39, 0.29) is 6.42 Å². The number of rotatable bonds is 9. The predicted octanol–water partition coefficient (Wildman–Crippen LogP) is 2.50. The summed E-state index contributed by atoms with van der Waals surface area (Å²) in [7, 11) is 0. The molecule has 30 heavy (non-hydrogen) atoms. The molecule has 0 saturated heterocycles. The fourth-order valence-electron chi connectivity index (χ4n) is 2.24. The third-order valence-electron chi connectivity index (χ3n) is 3.31. The molecule has 2 N–H and O–H groups in total. The summed E-state index contributed by atoms with van der Waals surface area (Å²) >= 11 is 0. The topological polar surface area (TPSA) is 103 Å². The smallest absolute Gasteiger partial charge is 0.408 e. The second-order valence-electron chi connectivity index (χ2n) is 8.46. The maximum atomic E-state index is 12.6. The summed E-state index contributed by atoms with van der Waals surface area (Å²) in [6, 6.07) is 6.19. The average Bonchev–Trinajstić information content (AvgIpc) is 2.56. The van der Waals surface area contributed by atoms with Crippen molar-refractivity contribution in [2.75, 3.05) is 13.2 Å². The molecule has 8 nitrogen and oxygen atoms in total. The van der Waals surface area contributed by atoms with Crippen LogP contribution in [0.5, 0.6) is 5.75 Å². The zero-order chi connectivity index (χ0) is 22.1. The van der Waals surface area contributed by atoms with Crippen LogP contribution in [0.25, 0.3) is 0 Å². The number of hydrogen-bond donors (Lipinski definition) is 2. The van der Waals surface area contributed by atoms with Crippen molar-refractivity contribution in [1.29, 1.82) is 0 Å². The number of ether oxygens (including phenoxy) is 3. The summed E-state index contributed by atoms with van der Waals surface area (Å²) in [5.74, 6) is 0.0789. The fourth-order valence-corrected chi connectivity index (χ4v) is 2.24. The van der Waals surface area contributed by atoms with Gasteiger partial charge in [-0.1, -0.05) is 12.1 Å². The molecule has 1 unspecified atom stereocenters. The van der Waals surface area contributed by atoms with Gasteiger partial charge in [-0.15, -0.1) is 0 Å². The van der Waals surface area contributed by atoms with Crippen molar-refractivity contribution >= 4 is 18.5 Å². The summed E-state index contributed by atoms with van der Waals surface area (Å²) < 4.78 is 16.2. The van der Waals surface area contributed by atoms with Crippen LogP contribution in [0.3, 0.4) is 0 Å². The molecular formula is C21H31FmN2O6-. The molecule has 0 bridgehead atoms. The molecule has 1 aromatic rings. The van der Waals surface area contributed by atoms with E-state index in [0.717, 1.165) is 5.56 Å². The number of carbonyl (C=O) groups excluding carboxylic acids is 3. The number of carbonyl (C=O) groups is 2. The van der Waals surface area contributed by atoms with Crippen LogP contribution in [0.2, 0.25) is 0 Å². The van der Waals surface area contributed by atoms with Crippen molar-refractivity contribution in [3.8, 4) is 5.75 Å². The molecule has 1 aromatic carbocycles. The van der Waals surface area contributed by atoms with E-state index in [1.807, 2.05) is 0 Å². The second kappa shape index (κ2) is 11.3. The fraction of sp³-hybridized carbons (Fsp3) is 0.571. The van der Waals surface area contributed by atoms with Crippen LogP contribution in [0, 0.1) is 0 Å². The molecule has 0 radical (unpaired) electrons. The van der Waals surface area contributed by atoms with Gasteiger partial charge in [-0.2, -0.15) is 6.41 Å². The normalized spacial score (nSPS) is 12.1. The van der Waals surface area contributed by atoms with Gasteiger partial charge in [0.15, 0.2) is 0 Å². The summed E-state index contributed by atoms with van der Waals surface area (Å²) in [6.07, 6.45) is 1.12. The molecule has 0 saturated carbocycles. The molecule has 0 aliphatic rings. The van der Waals surface area contributed by atoms with Gasteiger partial charge in [0.05, 0.1) is 0 Å². The molecular weight excluding hydrogens is 633 g/mol. The largest absolute Gasteiger partial charge is 0.527 e. The number of nitrogens with one attached hydrogen (secondary N) is 2. The van der Waals surface area contributed by atoms with Gasteiger partial charge in [-0.3, -0.25) is 0 Å². The molecule has 174 valence electrons. The molecule has 0 aliphatic heterocycles.